The molecule has 0 amide bonds. The van der Waals surface area contributed by atoms with Crippen LogP contribution >= 0.6 is 12.2 Å². The van der Waals surface area contributed by atoms with Crippen molar-refractivity contribution in [3.05, 3.63) is 41.7 Å². The fourth-order valence-corrected chi connectivity index (χ4v) is 1.93. The molecule has 0 radical (unpaired) electrons. The minimum atomic E-state index is 0.154. The fourth-order valence-electron chi connectivity index (χ4n) is 1.83. The Hall–Kier alpha value is -2.12. The predicted molar refractivity (Wildman–Crippen MR) is 101 cm³/mol. The van der Waals surface area contributed by atoms with Gasteiger partial charge in [0.2, 0.25) is 0 Å². The molecule has 0 spiro atoms. The summed E-state index contributed by atoms with van der Waals surface area (Å²) in [7, 11) is 1.62. The van der Waals surface area contributed by atoms with Crippen LogP contribution in [0.2, 0.25) is 0 Å². The van der Waals surface area contributed by atoms with Gasteiger partial charge in [0.05, 0.1) is 13.2 Å². The highest BCUT2D eigenvalue weighted by Gasteiger charge is 2.07. The molecular formula is C18H26N2O4S. The molecule has 0 saturated carbocycles. The second-order valence-corrected chi connectivity index (χ2v) is 5.29. The molecule has 1 saturated heterocycles. The lowest BCUT2D eigenvalue weighted by atomic mass is 10.2. The lowest BCUT2D eigenvalue weighted by Crippen LogP contribution is -2.07. The van der Waals surface area contributed by atoms with Crippen LogP contribution in [0.5, 0.6) is 11.6 Å². The van der Waals surface area contributed by atoms with E-state index in [0.29, 0.717) is 18.2 Å². The van der Waals surface area contributed by atoms with E-state index in [1.807, 2.05) is 38.1 Å². The molecule has 7 heteroatoms. The lowest BCUT2D eigenvalue weighted by Gasteiger charge is -2.03. The first-order chi connectivity index (χ1) is 12.2. The summed E-state index contributed by atoms with van der Waals surface area (Å²) in [4.78, 5) is 0.154. The molecule has 25 heavy (non-hydrogen) atoms. The fraction of sp³-hybridized carbons (Fsp3) is 0.444. The van der Waals surface area contributed by atoms with E-state index in [1.165, 1.54) is 12.8 Å². The summed E-state index contributed by atoms with van der Waals surface area (Å²) < 4.78 is 20.3. The second kappa shape index (κ2) is 12.3. The van der Waals surface area contributed by atoms with Crippen molar-refractivity contribution < 1.29 is 18.7 Å². The average Bonchev–Trinajstić information content (AvgIpc) is 3.37. The van der Waals surface area contributed by atoms with Crippen LogP contribution in [0.4, 0.5) is 0 Å². The van der Waals surface area contributed by atoms with Crippen molar-refractivity contribution in [2.75, 3.05) is 20.3 Å². The summed E-state index contributed by atoms with van der Waals surface area (Å²) in [6.07, 6.45) is 2.56. The van der Waals surface area contributed by atoms with Crippen LogP contribution in [0.15, 0.2) is 34.9 Å². The number of aromatic nitrogens is 1. The molecule has 1 aromatic heterocycles. The Kier molecular flexibility index (Phi) is 10.3. The van der Waals surface area contributed by atoms with Crippen molar-refractivity contribution in [2.24, 2.45) is 5.73 Å². The molecule has 3 rings (SSSR count). The van der Waals surface area contributed by atoms with Crippen molar-refractivity contribution in [3.8, 4) is 11.6 Å². The molecule has 2 aromatic rings. The van der Waals surface area contributed by atoms with Crippen LogP contribution < -0.4 is 15.2 Å². The summed E-state index contributed by atoms with van der Waals surface area (Å²) in [6, 6.07) is 9.11. The Bertz CT molecular complexity index is 602. The monoisotopic (exact) mass is 366 g/mol. The molecule has 1 aromatic carbocycles. The Morgan fingerprint density at radius 1 is 1.20 bits per heavy atom. The van der Waals surface area contributed by atoms with E-state index in [9.17, 15) is 0 Å². The number of methoxy groups -OCH3 is 1. The summed E-state index contributed by atoms with van der Waals surface area (Å²) in [5, 5.41) is 3.70. The maximum Gasteiger partial charge on any atom is 0.255 e. The van der Waals surface area contributed by atoms with Crippen LogP contribution in [0.1, 0.15) is 38.0 Å². The topological polar surface area (TPSA) is 79.7 Å². The van der Waals surface area contributed by atoms with Crippen LogP contribution in [0, 0.1) is 0 Å². The first-order valence-corrected chi connectivity index (χ1v) is 8.70. The molecule has 1 aliphatic rings. The highest BCUT2D eigenvalue weighted by atomic mass is 32.1. The highest BCUT2D eigenvalue weighted by Crippen LogP contribution is 2.15. The molecule has 138 valence electrons. The van der Waals surface area contributed by atoms with Gasteiger partial charge >= 0.3 is 0 Å². The molecular weight excluding hydrogens is 340 g/mol. The molecule has 0 bridgehead atoms. The molecule has 0 unspecified atom stereocenters. The van der Waals surface area contributed by atoms with Crippen molar-refractivity contribution in [2.45, 2.75) is 33.3 Å². The molecule has 0 aliphatic carbocycles. The molecule has 2 heterocycles. The quantitative estimate of drug-likeness (QED) is 0.808. The number of rotatable bonds is 5. The number of benzene rings is 1. The van der Waals surface area contributed by atoms with Gasteiger partial charge in [-0.25, -0.2) is 0 Å². The van der Waals surface area contributed by atoms with Gasteiger partial charge in [0.25, 0.3) is 5.88 Å². The smallest absolute Gasteiger partial charge is 0.255 e. The molecule has 0 atom stereocenters. The van der Waals surface area contributed by atoms with Gasteiger partial charge in [-0.3, -0.25) is 0 Å². The van der Waals surface area contributed by atoms with E-state index in [4.69, 9.17) is 36.7 Å². The van der Waals surface area contributed by atoms with Gasteiger partial charge in [0, 0.05) is 13.2 Å². The van der Waals surface area contributed by atoms with Gasteiger partial charge in [-0.2, -0.15) is 0 Å². The van der Waals surface area contributed by atoms with E-state index >= 15 is 0 Å². The minimum absolute atomic E-state index is 0.154. The first-order valence-electron chi connectivity index (χ1n) is 8.29. The zero-order valence-corrected chi connectivity index (χ0v) is 15.8. The second-order valence-electron chi connectivity index (χ2n) is 4.85. The van der Waals surface area contributed by atoms with Gasteiger partial charge < -0.3 is 24.5 Å². The minimum Gasteiger partial charge on any atom is -0.497 e. The molecule has 1 aliphatic heterocycles. The average molecular weight is 366 g/mol. The number of hydrogen-bond donors (Lipinski definition) is 1. The zero-order chi connectivity index (χ0) is 18.5. The number of ether oxygens (including phenoxy) is 3. The molecule has 1 fully saturated rings. The largest absolute Gasteiger partial charge is 0.497 e. The molecule has 2 N–H and O–H groups in total. The van der Waals surface area contributed by atoms with E-state index in [1.54, 1.807) is 13.2 Å². The Morgan fingerprint density at radius 2 is 1.84 bits per heavy atom. The normalized spacial score (nSPS) is 12.3. The number of nitrogens with zero attached hydrogens (tertiary/aromatic N) is 1. The van der Waals surface area contributed by atoms with E-state index in [-0.39, 0.29) is 4.99 Å². The van der Waals surface area contributed by atoms with Gasteiger partial charge in [0.15, 0.2) is 5.76 Å². The third-order valence-corrected chi connectivity index (χ3v) is 3.31. The standard InChI is InChI=1S/C12H12N2O3S.C4H8O.C2H6/c1-15-9-4-2-8(3-5-9)7-16-11-6-10(12(13)18)17-14-11;1-2-4-5-3-1;1-2/h2-6H,7H2,1H3,(H2,13,18);1-4H2;1-2H3. The van der Waals surface area contributed by atoms with Crippen molar-refractivity contribution in [3.63, 3.8) is 0 Å². The highest BCUT2D eigenvalue weighted by molar-refractivity contribution is 7.80. The number of hydrogen-bond acceptors (Lipinski definition) is 6. The van der Waals surface area contributed by atoms with Crippen LogP contribution in [-0.4, -0.2) is 30.5 Å². The van der Waals surface area contributed by atoms with E-state index in [0.717, 1.165) is 24.5 Å². The predicted octanol–water partition coefficient (Wildman–Crippen LogP) is 3.72. The van der Waals surface area contributed by atoms with Crippen molar-refractivity contribution in [1.82, 2.24) is 5.16 Å². The summed E-state index contributed by atoms with van der Waals surface area (Å²) in [5.41, 5.74) is 6.39. The first kappa shape index (κ1) is 20.9. The summed E-state index contributed by atoms with van der Waals surface area (Å²) in [5.74, 6) is 1.50. The lowest BCUT2D eigenvalue weighted by molar-refractivity contribution is 0.198. The van der Waals surface area contributed by atoms with Gasteiger partial charge in [-0.15, -0.1) is 0 Å². The Morgan fingerprint density at radius 3 is 2.28 bits per heavy atom. The number of nitrogens with two attached hydrogens (primary N) is 1. The van der Waals surface area contributed by atoms with Crippen LogP contribution in [-0.2, 0) is 11.3 Å². The summed E-state index contributed by atoms with van der Waals surface area (Å²) in [6.45, 7) is 6.38. The van der Waals surface area contributed by atoms with Gasteiger partial charge in [-0.1, -0.05) is 38.2 Å². The van der Waals surface area contributed by atoms with Crippen LogP contribution in [0.3, 0.4) is 0 Å². The van der Waals surface area contributed by atoms with Crippen LogP contribution in [0.25, 0.3) is 0 Å². The SMILES string of the molecule is C1CCOC1.CC.COc1ccc(COc2cc(C(N)=S)on2)cc1. The van der Waals surface area contributed by atoms with Gasteiger partial charge in [-0.05, 0) is 35.7 Å². The summed E-state index contributed by atoms with van der Waals surface area (Å²) >= 11 is 4.76. The maximum atomic E-state index is 5.44. The van der Waals surface area contributed by atoms with E-state index < -0.39 is 0 Å². The van der Waals surface area contributed by atoms with E-state index in [2.05, 4.69) is 5.16 Å². The van der Waals surface area contributed by atoms with Gasteiger partial charge in [0.1, 0.15) is 17.3 Å². The van der Waals surface area contributed by atoms with Crippen molar-refractivity contribution in [1.29, 1.82) is 0 Å². The van der Waals surface area contributed by atoms with Crippen molar-refractivity contribution >= 4 is 17.2 Å². The zero-order valence-electron chi connectivity index (χ0n) is 15.0. The molecule has 6 nitrogen and oxygen atoms in total. The number of thiocarbonyl (C=S) groups is 1. The third-order valence-electron chi connectivity index (χ3n) is 3.10. The maximum absolute atomic E-state index is 5.44. The Balaban J connectivity index is 0.000000376. The Labute approximate surface area is 154 Å². The third kappa shape index (κ3) is 8.00.